The van der Waals surface area contributed by atoms with E-state index in [4.69, 9.17) is 0 Å². The number of fused-ring (bicyclic) bond motifs is 4. The Morgan fingerprint density at radius 1 is 0.218 bits per heavy atom. The van der Waals surface area contributed by atoms with Gasteiger partial charge in [0.1, 0.15) is 6.17 Å². The summed E-state index contributed by atoms with van der Waals surface area (Å²) < 4.78 is 12.9. The van der Waals surface area contributed by atoms with Gasteiger partial charge in [-0.15, -0.1) is 0 Å². The van der Waals surface area contributed by atoms with Crippen LogP contribution in [0.5, 0.6) is 0 Å². The molecule has 0 aromatic carbocycles. The molecule has 17 aliphatic rings. The molecule has 0 aromatic rings. The topological polar surface area (TPSA) is 61.6 Å². The Balaban J connectivity index is 0.000000143. The van der Waals surface area contributed by atoms with Crippen molar-refractivity contribution >= 4 is 0 Å². The lowest BCUT2D eigenvalue weighted by Gasteiger charge is -2.52. The van der Waals surface area contributed by atoms with Gasteiger partial charge in [0.15, 0.2) is 0 Å². The molecular formula is C81H166FN19. The summed E-state index contributed by atoms with van der Waals surface area (Å²) in [6, 6.07) is 3.61. The number of likely N-dealkylation sites (N-methyl/N-ethyl adjacent to an activating group) is 6. The summed E-state index contributed by atoms with van der Waals surface area (Å²) >= 11 is 0. The van der Waals surface area contributed by atoms with Crippen LogP contribution in [-0.4, -0.2) is 480 Å². The third-order valence-electron chi connectivity index (χ3n) is 27.8. The van der Waals surface area contributed by atoms with Gasteiger partial charge in [-0.2, -0.15) is 0 Å². The van der Waals surface area contributed by atoms with Gasteiger partial charge in [-0.3, -0.25) is 0 Å². The van der Waals surface area contributed by atoms with E-state index >= 15 is 0 Å². The van der Waals surface area contributed by atoms with E-state index in [1.54, 1.807) is 0 Å². The fraction of sp³-hybridized carbons (Fsp3) is 1.00. The summed E-state index contributed by atoms with van der Waals surface area (Å²) in [7, 11) is 41.9. The van der Waals surface area contributed by atoms with Crippen LogP contribution in [0.15, 0.2) is 0 Å². The monoisotopic (exact) mass is 1420 g/mol. The highest BCUT2D eigenvalue weighted by atomic mass is 19.1. The molecule has 0 amide bonds. The maximum absolute atomic E-state index is 12.9. The minimum Gasteiger partial charge on any atom is -0.306 e. The highest BCUT2D eigenvalue weighted by Gasteiger charge is 2.46. The number of hydrogen-bond acceptors (Lipinski definition) is 19. The zero-order valence-corrected chi connectivity index (χ0v) is 70.1. The molecule has 17 rings (SSSR count). The molecule has 0 saturated carbocycles. The van der Waals surface area contributed by atoms with Crippen LogP contribution in [0.1, 0.15) is 96.8 Å². The molecule has 8 unspecified atom stereocenters. The standard InChI is InChI=1S/C10H20N2.C9H18N2.5C8H16N2.C8H18N2.C7H15FN2.C7H15N/c1-11-6-3-10(4-7-11)5-8-12(2)9-10;1-10-5-3-9(4-6-10)7-11(2)8-9;1-9-4-3-8(5-9)6-10(2)7-8;2*1-9-4-3-8-7(5-9)6-10(8)2;2*1-9-5-7-3-4-10(2)8(7)6-9;1-9-5-3-7-10(2)8-4-6-9;1-9-3-4-10(2)6-7(8)5-9;1-7-3-5-8(2)6-4-7/h3-9H2,1-2H3;3-8H2,1-2H3;3-7H2,1-2H3;4*7-8H,3-6H2,1-2H3;3-8H2,1-2H3;7H,3-6H2,1-2H3;7H,3-6H2,1-2H3. The first kappa shape index (κ1) is 85.8. The summed E-state index contributed by atoms with van der Waals surface area (Å²) in [5.74, 6) is 4.92. The average molecular weight is 1430 g/mol. The molecule has 17 fully saturated rings. The van der Waals surface area contributed by atoms with Crippen molar-refractivity contribution in [2.75, 3.05) is 356 Å². The Hall–Kier alpha value is -0.830. The van der Waals surface area contributed by atoms with E-state index in [0.29, 0.717) is 23.9 Å². The molecule has 8 atom stereocenters. The van der Waals surface area contributed by atoms with Crippen molar-refractivity contribution in [1.29, 1.82) is 0 Å². The Morgan fingerprint density at radius 3 is 0.871 bits per heavy atom. The van der Waals surface area contributed by atoms with Gasteiger partial charge in [-0.25, -0.2) is 4.39 Å². The van der Waals surface area contributed by atoms with E-state index < -0.39 is 6.17 Å². The molecule has 3 spiro atoms. The number of hydrogen-bond donors (Lipinski definition) is 0. The Morgan fingerprint density at radius 2 is 0.525 bits per heavy atom. The predicted molar refractivity (Wildman–Crippen MR) is 428 cm³/mol. The van der Waals surface area contributed by atoms with Crippen molar-refractivity contribution in [3.05, 3.63) is 0 Å². The molecule has 592 valence electrons. The fourth-order valence-electron chi connectivity index (χ4n) is 20.9. The zero-order valence-electron chi connectivity index (χ0n) is 70.1. The first-order valence-electron chi connectivity index (χ1n) is 41.7. The fourth-order valence-corrected chi connectivity index (χ4v) is 20.9. The number of piperidine rings is 5. The van der Waals surface area contributed by atoms with Gasteiger partial charge >= 0.3 is 0 Å². The Bertz CT molecular complexity index is 2130. The van der Waals surface area contributed by atoms with Crippen molar-refractivity contribution in [3.8, 4) is 0 Å². The molecule has 17 saturated heterocycles. The second kappa shape index (κ2) is 41.3. The lowest BCUT2D eigenvalue weighted by molar-refractivity contribution is -0.0264. The van der Waals surface area contributed by atoms with Crippen molar-refractivity contribution in [2.45, 2.75) is 127 Å². The molecule has 101 heavy (non-hydrogen) atoms. The van der Waals surface area contributed by atoms with Crippen LogP contribution in [0.25, 0.3) is 0 Å². The SMILES string of the molecule is CC1CCN(C)CC1.CN1CC2CCN(C)C2C1.CN1CC2CCN(C)C2C1.CN1CCC2(C1)CN(C)C2.CN1CCC2(CC1)CCN(C)C2.CN1CCC2(CC1)CN(C)C2.CN1CCC2C(C1)CN2C.CN1CCC2C(C1)CN2C.CN1CCCN(C)CCC1.CN1CCN(C)CC(F)C1. The molecular weight excluding hydrogens is 1260 g/mol. The van der Waals surface area contributed by atoms with Crippen LogP contribution in [-0.2, 0) is 0 Å². The normalized spacial score (nSPS) is 34.7. The molecule has 0 radical (unpaired) electrons. The third-order valence-corrected chi connectivity index (χ3v) is 27.8. The van der Waals surface area contributed by atoms with Crippen LogP contribution in [0, 0.1) is 45.8 Å². The number of likely N-dealkylation sites (tertiary alicyclic amines) is 15. The second-order valence-electron chi connectivity index (χ2n) is 38.1. The number of halogens is 1. The smallest absolute Gasteiger partial charge is 0.125 e. The molecule has 19 nitrogen and oxygen atoms in total. The molecule has 0 bridgehead atoms. The highest BCUT2D eigenvalue weighted by Crippen LogP contribution is 2.41. The van der Waals surface area contributed by atoms with Crippen molar-refractivity contribution < 1.29 is 4.39 Å². The largest absolute Gasteiger partial charge is 0.306 e. The first-order valence-corrected chi connectivity index (χ1v) is 41.7. The molecule has 0 aromatic heterocycles. The van der Waals surface area contributed by atoms with Gasteiger partial charge in [0, 0.05) is 147 Å². The van der Waals surface area contributed by atoms with Crippen LogP contribution in [0.3, 0.4) is 0 Å². The van der Waals surface area contributed by atoms with Gasteiger partial charge in [0.2, 0.25) is 0 Å². The average Bonchev–Trinajstić information content (AvgIpc) is 1.70. The maximum Gasteiger partial charge on any atom is 0.125 e. The van der Waals surface area contributed by atoms with Crippen LogP contribution < -0.4 is 0 Å². The van der Waals surface area contributed by atoms with E-state index in [-0.39, 0.29) is 0 Å². The molecule has 0 N–H and O–H groups in total. The predicted octanol–water partition coefficient (Wildman–Crippen LogP) is 5.13. The van der Waals surface area contributed by atoms with Gasteiger partial charge < -0.3 is 93.1 Å². The molecule has 17 heterocycles. The van der Waals surface area contributed by atoms with Gasteiger partial charge in [-0.1, -0.05) is 6.92 Å². The minimum absolute atomic E-state index is 0.588. The number of alkyl halides is 1. The van der Waals surface area contributed by atoms with Crippen LogP contribution >= 0.6 is 0 Å². The number of rotatable bonds is 0. The zero-order chi connectivity index (χ0) is 73.2. The van der Waals surface area contributed by atoms with Gasteiger partial charge in [0.05, 0.1) is 0 Å². The summed E-state index contributed by atoms with van der Waals surface area (Å²) in [5.41, 5.74) is 2.16. The summed E-state index contributed by atoms with van der Waals surface area (Å²) in [5, 5.41) is 0. The molecule has 17 aliphatic heterocycles. The van der Waals surface area contributed by atoms with Crippen LogP contribution in [0.4, 0.5) is 4.39 Å². The summed E-state index contributed by atoms with van der Waals surface area (Å²) in [4.78, 5) is 45.8. The lowest BCUT2D eigenvalue weighted by atomic mass is 9.72. The first-order chi connectivity index (χ1) is 47.9. The Labute approximate surface area is 623 Å². The Kier molecular flexibility index (Phi) is 35.1. The van der Waals surface area contributed by atoms with E-state index in [9.17, 15) is 4.39 Å². The van der Waals surface area contributed by atoms with E-state index in [0.717, 1.165) is 72.3 Å². The minimum atomic E-state index is -0.669. The number of nitrogens with zero attached hydrogens (tertiary/aromatic N) is 19. The highest BCUT2D eigenvalue weighted by molar-refractivity contribution is 5.01. The van der Waals surface area contributed by atoms with E-state index in [2.05, 4.69) is 210 Å². The summed E-state index contributed by atoms with van der Waals surface area (Å²) in [6.45, 7) is 44.9. The van der Waals surface area contributed by atoms with Crippen molar-refractivity contribution in [3.63, 3.8) is 0 Å². The molecule has 0 aliphatic carbocycles. The summed E-state index contributed by atoms with van der Waals surface area (Å²) in [6.07, 6.45) is 19.0. The lowest BCUT2D eigenvalue weighted by Crippen LogP contribution is -2.61. The van der Waals surface area contributed by atoms with Gasteiger partial charge in [0.25, 0.3) is 0 Å². The van der Waals surface area contributed by atoms with E-state index in [1.165, 1.54) is 286 Å². The van der Waals surface area contributed by atoms with Crippen molar-refractivity contribution in [1.82, 2.24) is 93.1 Å². The maximum atomic E-state index is 12.9. The van der Waals surface area contributed by atoms with Gasteiger partial charge in [-0.05, 0) is 369 Å². The third kappa shape index (κ3) is 27.6. The quantitative estimate of drug-likeness (QED) is 0.322. The second-order valence-corrected chi connectivity index (χ2v) is 38.1. The van der Waals surface area contributed by atoms with E-state index in [1.807, 2.05) is 23.9 Å². The van der Waals surface area contributed by atoms with Crippen LogP contribution in [0.2, 0.25) is 0 Å². The molecule has 20 heteroatoms. The van der Waals surface area contributed by atoms with Crippen molar-refractivity contribution in [2.24, 2.45) is 45.8 Å².